The lowest BCUT2D eigenvalue weighted by atomic mass is 10.2. The molecule has 0 spiro atoms. The van der Waals surface area contributed by atoms with Crippen LogP contribution >= 0.6 is 11.3 Å². The highest BCUT2D eigenvalue weighted by molar-refractivity contribution is 7.26. The first-order valence-corrected chi connectivity index (χ1v) is 8.94. The molecular weight excluding hydrogens is 355 g/mol. The zero-order valence-electron chi connectivity index (χ0n) is 13.4. The number of para-hydroxylation sites is 1. The molecule has 2 aromatic heterocycles. The summed E-state index contributed by atoms with van der Waals surface area (Å²) in [6, 6.07) is 21.5. The highest BCUT2D eigenvalue weighted by Gasteiger charge is 2.30. The van der Waals surface area contributed by atoms with Crippen LogP contribution in [0.2, 0.25) is 0 Å². The molecule has 0 aliphatic carbocycles. The third kappa shape index (κ3) is 2.17. The van der Waals surface area contributed by atoms with Gasteiger partial charge in [-0.15, -0.1) is 11.3 Å². The zero-order chi connectivity index (χ0) is 17.9. The Morgan fingerprint density at radius 1 is 0.731 bits per heavy atom. The third-order valence-corrected chi connectivity index (χ3v) is 5.83. The molecule has 0 amide bonds. The SMILES string of the molecule is FC(F)(F)c1ccc(-n2c3ccccc3c3sc4ccccc4c32)cc1. The molecule has 0 bridgehead atoms. The van der Waals surface area contributed by atoms with E-state index in [1.807, 2.05) is 30.3 Å². The van der Waals surface area contributed by atoms with E-state index in [1.54, 1.807) is 23.5 Å². The van der Waals surface area contributed by atoms with E-state index >= 15 is 0 Å². The van der Waals surface area contributed by atoms with Crippen molar-refractivity contribution < 1.29 is 13.2 Å². The Morgan fingerprint density at radius 2 is 1.38 bits per heavy atom. The Balaban J connectivity index is 1.88. The van der Waals surface area contributed by atoms with Gasteiger partial charge in [0, 0.05) is 21.2 Å². The van der Waals surface area contributed by atoms with Crippen molar-refractivity contribution in [3.8, 4) is 5.69 Å². The molecule has 5 heteroatoms. The molecule has 0 fully saturated rings. The van der Waals surface area contributed by atoms with Crippen molar-refractivity contribution in [1.29, 1.82) is 0 Å². The number of hydrogen-bond donors (Lipinski definition) is 0. The predicted molar refractivity (Wildman–Crippen MR) is 101 cm³/mol. The summed E-state index contributed by atoms with van der Waals surface area (Å²) in [6.07, 6.45) is -4.33. The standard InChI is InChI=1S/C21H12F3NS/c22-21(23,24)13-9-11-14(12-10-13)25-17-7-3-1-5-15(17)20-19(25)16-6-2-4-8-18(16)26-20/h1-12H. The second kappa shape index (κ2) is 5.35. The van der Waals surface area contributed by atoms with Crippen LogP contribution in [0.15, 0.2) is 72.8 Å². The molecule has 1 nitrogen and oxygen atoms in total. The predicted octanol–water partition coefficient (Wildman–Crippen LogP) is 7.02. The van der Waals surface area contributed by atoms with Crippen LogP contribution in [0.1, 0.15) is 5.56 Å². The fourth-order valence-corrected chi connectivity index (χ4v) is 4.71. The van der Waals surface area contributed by atoms with Crippen LogP contribution in [0.4, 0.5) is 13.2 Å². The maximum atomic E-state index is 12.9. The lowest BCUT2D eigenvalue weighted by molar-refractivity contribution is -0.137. The Kier molecular flexibility index (Phi) is 3.18. The smallest absolute Gasteiger partial charge is 0.308 e. The number of rotatable bonds is 1. The number of benzene rings is 3. The first-order chi connectivity index (χ1) is 12.5. The summed E-state index contributed by atoms with van der Waals surface area (Å²) in [7, 11) is 0. The molecule has 0 atom stereocenters. The van der Waals surface area contributed by atoms with Crippen molar-refractivity contribution in [2.45, 2.75) is 6.18 Å². The van der Waals surface area contributed by atoms with Crippen molar-refractivity contribution in [3.63, 3.8) is 0 Å². The van der Waals surface area contributed by atoms with Crippen LogP contribution in [0.3, 0.4) is 0 Å². The normalized spacial score (nSPS) is 12.4. The summed E-state index contributed by atoms with van der Waals surface area (Å²) in [5, 5.41) is 2.23. The van der Waals surface area contributed by atoms with Crippen molar-refractivity contribution >= 4 is 42.5 Å². The first-order valence-electron chi connectivity index (χ1n) is 8.12. The second-order valence-corrected chi connectivity index (χ2v) is 7.23. The largest absolute Gasteiger partial charge is 0.416 e. The van der Waals surface area contributed by atoms with Crippen molar-refractivity contribution in [2.24, 2.45) is 0 Å². The van der Waals surface area contributed by atoms with Crippen LogP contribution in [-0.2, 0) is 6.18 Å². The van der Waals surface area contributed by atoms with Gasteiger partial charge < -0.3 is 4.57 Å². The quantitative estimate of drug-likeness (QED) is 0.300. The van der Waals surface area contributed by atoms with Crippen LogP contribution in [-0.4, -0.2) is 4.57 Å². The first kappa shape index (κ1) is 15.5. The molecule has 5 aromatic rings. The summed E-state index contributed by atoms with van der Waals surface area (Å²) < 4.78 is 43.1. The van der Waals surface area contributed by atoms with Crippen LogP contribution in [0, 0.1) is 0 Å². The van der Waals surface area contributed by atoms with Gasteiger partial charge in [0.25, 0.3) is 0 Å². The number of hydrogen-bond acceptors (Lipinski definition) is 1. The number of aromatic nitrogens is 1. The Labute approximate surface area is 150 Å². The highest BCUT2D eigenvalue weighted by atomic mass is 32.1. The summed E-state index contributed by atoms with van der Waals surface area (Å²) in [4.78, 5) is 0. The van der Waals surface area contributed by atoms with E-state index in [-0.39, 0.29) is 0 Å². The van der Waals surface area contributed by atoms with Crippen molar-refractivity contribution in [1.82, 2.24) is 4.57 Å². The van der Waals surface area contributed by atoms with E-state index in [9.17, 15) is 13.2 Å². The van der Waals surface area contributed by atoms with E-state index < -0.39 is 11.7 Å². The molecule has 0 saturated carbocycles. The fourth-order valence-electron chi connectivity index (χ4n) is 3.49. The second-order valence-electron chi connectivity index (χ2n) is 6.17. The molecule has 0 N–H and O–H groups in total. The number of fused-ring (bicyclic) bond motifs is 5. The van der Waals surface area contributed by atoms with Gasteiger partial charge in [0.2, 0.25) is 0 Å². The number of halogens is 3. The van der Waals surface area contributed by atoms with E-state index in [4.69, 9.17) is 0 Å². The molecular formula is C21H12F3NS. The van der Waals surface area contributed by atoms with Gasteiger partial charge in [-0.3, -0.25) is 0 Å². The third-order valence-electron chi connectivity index (χ3n) is 4.64. The summed E-state index contributed by atoms with van der Waals surface area (Å²) in [5.41, 5.74) is 2.14. The van der Waals surface area contributed by atoms with Crippen LogP contribution in [0.5, 0.6) is 0 Å². The van der Waals surface area contributed by atoms with Crippen molar-refractivity contribution in [2.75, 3.05) is 0 Å². The molecule has 3 aromatic carbocycles. The van der Waals surface area contributed by atoms with E-state index in [2.05, 4.69) is 22.8 Å². The van der Waals surface area contributed by atoms with Gasteiger partial charge in [-0.1, -0.05) is 36.4 Å². The Morgan fingerprint density at radius 3 is 2.12 bits per heavy atom. The van der Waals surface area contributed by atoms with Gasteiger partial charge in [0.05, 0.1) is 21.3 Å². The molecule has 0 aliphatic heterocycles. The topological polar surface area (TPSA) is 4.93 Å². The van der Waals surface area contributed by atoms with Gasteiger partial charge in [-0.25, -0.2) is 0 Å². The lowest BCUT2D eigenvalue weighted by Crippen LogP contribution is -2.05. The maximum absolute atomic E-state index is 12.9. The summed E-state index contributed by atoms with van der Waals surface area (Å²) in [6.45, 7) is 0. The minimum Gasteiger partial charge on any atom is -0.308 e. The molecule has 0 aliphatic rings. The van der Waals surface area contributed by atoms with Gasteiger partial charge in [0.1, 0.15) is 0 Å². The minimum atomic E-state index is -4.33. The van der Waals surface area contributed by atoms with E-state index in [0.717, 1.165) is 44.3 Å². The number of alkyl halides is 3. The fraction of sp³-hybridized carbons (Fsp3) is 0.0476. The lowest BCUT2D eigenvalue weighted by Gasteiger charge is -2.10. The number of thiophene rings is 1. The Bertz CT molecular complexity index is 1250. The van der Waals surface area contributed by atoms with Gasteiger partial charge in [-0.05, 0) is 36.4 Å². The maximum Gasteiger partial charge on any atom is 0.416 e. The monoisotopic (exact) mass is 367 g/mol. The average Bonchev–Trinajstić information content (AvgIpc) is 3.16. The van der Waals surface area contributed by atoms with E-state index in [1.165, 1.54) is 4.70 Å². The molecule has 0 radical (unpaired) electrons. The zero-order valence-corrected chi connectivity index (χ0v) is 14.2. The molecule has 5 rings (SSSR count). The van der Waals surface area contributed by atoms with Gasteiger partial charge in [0.15, 0.2) is 0 Å². The molecule has 2 heterocycles. The number of nitrogens with zero attached hydrogens (tertiary/aromatic N) is 1. The molecule has 128 valence electrons. The minimum absolute atomic E-state index is 0.635. The average molecular weight is 367 g/mol. The van der Waals surface area contributed by atoms with Gasteiger partial charge >= 0.3 is 6.18 Å². The summed E-state index contributed by atoms with van der Waals surface area (Å²) in [5.74, 6) is 0. The van der Waals surface area contributed by atoms with Crippen LogP contribution < -0.4 is 0 Å². The molecule has 26 heavy (non-hydrogen) atoms. The van der Waals surface area contributed by atoms with Crippen molar-refractivity contribution in [3.05, 3.63) is 78.4 Å². The highest BCUT2D eigenvalue weighted by Crippen LogP contribution is 2.42. The Hall–Kier alpha value is -2.79. The van der Waals surface area contributed by atoms with Gasteiger partial charge in [-0.2, -0.15) is 13.2 Å². The summed E-state index contributed by atoms with van der Waals surface area (Å²) >= 11 is 1.71. The molecule has 0 saturated heterocycles. The molecule has 0 unspecified atom stereocenters. The van der Waals surface area contributed by atoms with Crippen LogP contribution in [0.25, 0.3) is 36.9 Å². The van der Waals surface area contributed by atoms with E-state index in [0.29, 0.717) is 0 Å².